The topological polar surface area (TPSA) is 66.4 Å². The summed E-state index contributed by atoms with van der Waals surface area (Å²) in [5.74, 6) is 0. The molecule has 118 valence electrons. The van der Waals surface area contributed by atoms with Gasteiger partial charge in [0.1, 0.15) is 0 Å². The van der Waals surface area contributed by atoms with E-state index in [1.807, 2.05) is 0 Å². The number of sulfonamides is 1. The molecule has 0 saturated heterocycles. The molecule has 0 aromatic heterocycles. The van der Waals surface area contributed by atoms with Gasteiger partial charge in [0.15, 0.2) is 0 Å². The summed E-state index contributed by atoms with van der Waals surface area (Å²) in [6.07, 6.45) is -3.10. The Balaban J connectivity index is 2.37. The van der Waals surface area contributed by atoms with Gasteiger partial charge in [-0.25, -0.2) is 13.1 Å². The first-order chi connectivity index (χ1) is 9.60. The standard InChI is InChI=1S/C12H13ClF3NO3S/c13-10-3-2-8(6-9(10)12(14,15)16)21(19,20)17-11(7-18)4-1-5-11/h2-3,6,17-18H,1,4-5,7H2. The molecule has 4 nitrogen and oxygen atoms in total. The molecule has 2 rings (SSSR count). The molecular formula is C12H13ClF3NO3S. The molecule has 0 amide bonds. The molecule has 0 bridgehead atoms. The number of halogens is 4. The molecule has 1 aliphatic carbocycles. The third-order valence-electron chi connectivity index (χ3n) is 3.52. The lowest BCUT2D eigenvalue weighted by molar-refractivity contribution is -0.137. The van der Waals surface area contributed by atoms with Crippen molar-refractivity contribution >= 4 is 21.6 Å². The molecule has 1 fully saturated rings. The first-order valence-electron chi connectivity index (χ1n) is 6.11. The predicted molar refractivity (Wildman–Crippen MR) is 70.4 cm³/mol. The van der Waals surface area contributed by atoms with Gasteiger partial charge >= 0.3 is 6.18 Å². The van der Waals surface area contributed by atoms with Gasteiger partial charge in [-0.05, 0) is 37.5 Å². The fourth-order valence-electron chi connectivity index (χ4n) is 2.13. The second-order valence-corrected chi connectivity index (χ2v) is 7.13. The van der Waals surface area contributed by atoms with Crippen molar-refractivity contribution in [2.24, 2.45) is 0 Å². The van der Waals surface area contributed by atoms with Gasteiger partial charge in [0, 0.05) is 0 Å². The molecule has 2 N–H and O–H groups in total. The Morgan fingerprint density at radius 3 is 2.38 bits per heavy atom. The van der Waals surface area contributed by atoms with Gasteiger partial charge in [0.2, 0.25) is 10.0 Å². The number of hydrogen-bond donors (Lipinski definition) is 2. The van der Waals surface area contributed by atoms with Crippen LogP contribution in [-0.4, -0.2) is 25.7 Å². The van der Waals surface area contributed by atoms with Crippen LogP contribution in [0.2, 0.25) is 5.02 Å². The molecule has 0 aliphatic heterocycles. The van der Waals surface area contributed by atoms with Crippen molar-refractivity contribution < 1.29 is 26.7 Å². The molecule has 9 heteroatoms. The number of alkyl halides is 3. The lowest BCUT2D eigenvalue weighted by Crippen LogP contribution is -2.55. The van der Waals surface area contributed by atoms with Crippen molar-refractivity contribution in [2.45, 2.75) is 35.9 Å². The van der Waals surface area contributed by atoms with Gasteiger partial charge in [-0.3, -0.25) is 0 Å². The van der Waals surface area contributed by atoms with Crippen LogP contribution in [0.5, 0.6) is 0 Å². The lowest BCUT2D eigenvalue weighted by Gasteiger charge is -2.40. The molecule has 0 radical (unpaired) electrons. The minimum atomic E-state index is -4.74. The van der Waals surface area contributed by atoms with E-state index in [9.17, 15) is 26.7 Å². The summed E-state index contributed by atoms with van der Waals surface area (Å²) in [6, 6.07) is 2.39. The maximum Gasteiger partial charge on any atom is 0.417 e. The van der Waals surface area contributed by atoms with Gasteiger partial charge in [-0.2, -0.15) is 13.2 Å². The molecule has 0 unspecified atom stereocenters. The van der Waals surface area contributed by atoms with E-state index in [2.05, 4.69) is 4.72 Å². The highest BCUT2D eigenvalue weighted by atomic mass is 35.5. The molecule has 0 spiro atoms. The fourth-order valence-corrected chi connectivity index (χ4v) is 3.83. The summed E-state index contributed by atoms with van der Waals surface area (Å²) < 4.78 is 64.9. The van der Waals surface area contributed by atoms with Crippen molar-refractivity contribution in [1.82, 2.24) is 4.72 Å². The molecular weight excluding hydrogens is 331 g/mol. The lowest BCUT2D eigenvalue weighted by atomic mass is 9.78. The van der Waals surface area contributed by atoms with E-state index in [-0.39, 0.29) is 0 Å². The summed E-state index contributed by atoms with van der Waals surface area (Å²) in [4.78, 5) is -0.529. The third-order valence-corrected chi connectivity index (χ3v) is 5.42. The molecule has 0 heterocycles. The average molecular weight is 344 g/mol. The van der Waals surface area contributed by atoms with Crippen LogP contribution < -0.4 is 4.72 Å². The zero-order chi connectivity index (χ0) is 15.9. The van der Waals surface area contributed by atoms with Crippen molar-refractivity contribution in [3.63, 3.8) is 0 Å². The summed E-state index contributed by atoms with van der Waals surface area (Å²) >= 11 is 5.45. The maximum atomic E-state index is 12.8. The van der Waals surface area contributed by atoms with E-state index >= 15 is 0 Å². The van der Waals surface area contributed by atoms with Crippen molar-refractivity contribution in [3.8, 4) is 0 Å². The van der Waals surface area contributed by atoms with E-state index in [4.69, 9.17) is 11.6 Å². The van der Waals surface area contributed by atoms with E-state index in [0.717, 1.165) is 18.6 Å². The van der Waals surface area contributed by atoms with Gasteiger partial charge in [0.25, 0.3) is 0 Å². The smallest absolute Gasteiger partial charge is 0.394 e. The molecule has 0 atom stereocenters. The highest BCUT2D eigenvalue weighted by molar-refractivity contribution is 7.89. The minimum absolute atomic E-state index is 0.397. The Bertz CT molecular complexity index is 636. The summed E-state index contributed by atoms with van der Waals surface area (Å²) in [6.45, 7) is -0.397. The Hall–Kier alpha value is -0.830. The van der Waals surface area contributed by atoms with Crippen molar-refractivity contribution in [3.05, 3.63) is 28.8 Å². The van der Waals surface area contributed by atoms with Crippen molar-refractivity contribution in [1.29, 1.82) is 0 Å². The fraction of sp³-hybridized carbons (Fsp3) is 0.500. The van der Waals surface area contributed by atoms with Crippen LogP contribution in [0.3, 0.4) is 0 Å². The second-order valence-electron chi connectivity index (χ2n) is 5.04. The number of rotatable bonds is 4. The first-order valence-corrected chi connectivity index (χ1v) is 7.97. The number of aliphatic hydroxyl groups excluding tert-OH is 1. The minimum Gasteiger partial charge on any atom is -0.394 e. The average Bonchev–Trinajstić information content (AvgIpc) is 2.32. The summed E-state index contributed by atoms with van der Waals surface area (Å²) in [5.41, 5.74) is -2.18. The van der Waals surface area contributed by atoms with E-state index in [1.165, 1.54) is 0 Å². The van der Waals surface area contributed by atoms with Gasteiger partial charge in [-0.1, -0.05) is 11.6 Å². The SMILES string of the molecule is O=S(=O)(NC1(CO)CCC1)c1ccc(Cl)c(C(F)(F)F)c1. The Morgan fingerprint density at radius 2 is 1.95 bits per heavy atom. The van der Waals surface area contributed by atoms with Crippen LogP contribution in [0.1, 0.15) is 24.8 Å². The molecule has 21 heavy (non-hydrogen) atoms. The third kappa shape index (κ3) is 3.33. The quantitative estimate of drug-likeness (QED) is 0.883. The zero-order valence-corrected chi connectivity index (χ0v) is 12.3. The maximum absolute atomic E-state index is 12.8. The second kappa shape index (κ2) is 5.42. The van der Waals surface area contributed by atoms with E-state index in [1.54, 1.807) is 0 Å². The van der Waals surface area contributed by atoms with Crippen molar-refractivity contribution in [2.75, 3.05) is 6.61 Å². The van der Waals surface area contributed by atoms with Crippen LogP contribution >= 0.6 is 11.6 Å². The van der Waals surface area contributed by atoms with Crippen LogP contribution in [0.25, 0.3) is 0 Å². The van der Waals surface area contributed by atoms with Gasteiger partial charge < -0.3 is 5.11 Å². The number of nitrogens with one attached hydrogen (secondary N) is 1. The van der Waals surface area contributed by atoms with Gasteiger partial charge in [-0.15, -0.1) is 0 Å². The molecule has 1 aromatic rings. The van der Waals surface area contributed by atoms with Crippen LogP contribution in [-0.2, 0) is 16.2 Å². The number of benzene rings is 1. The number of hydrogen-bond acceptors (Lipinski definition) is 3. The predicted octanol–water partition coefficient (Wildman–Crippen LogP) is 2.55. The van der Waals surface area contributed by atoms with Gasteiger partial charge in [0.05, 0.1) is 27.6 Å². The molecule has 1 aromatic carbocycles. The normalized spacial score (nSPS) is 18.3. The summed E-state index contributed by atoms with van der Waals surface area (Å²) in [5, 5.41) is 8.68. The largest absolute Gasteiger partial charge is 0.417 e. The Kier molecular flexibility index (Phi) is 4.27. The van der Waals surface area contributed by atoms with E-state index in [0.29, 0.717) is 18.9 Å². The van der Waals surface area contributed by atoms with Crippen LogP contribution in [0.15, 0.2) is 23.1 Å². The first kappa shape index (κ1) is 16.5. The summed E-state index contributed by atoms with van der Waals surface area (Å²) in [7, 11) is -4.16. The highest BCUT2D eigenvalue weighted by Crippen LogP contribution is 2.37. The Morgan fingerprint density at radius 1 is 1.33 bits per heavy atom. The van der Waals surface area contributed by atoms with Crippen LogP contribution in [0, 0.1) is 0 Å². The molecule has 1 saturated carbocycles. The monoisotopic (exact) mass is 343 g/mol. The van der Waals surface area contributed by atoms with Crippen LogP contribution in [0.4, 0.5) is 13.2 Å². The number of aliphatic hydroxyl groups is 1. The zero-order valence-electron chi connectivity index (χ0n) is 10.7. The van der Waals surface area contributed by atoms with E-state index < -0.39 is 43.8 Å². The highest BCUT2D eigenvalue weighted by Gasteiger charge is 2.41. The Labute approximate surface area is 125 Å². The molecule has 1 aliphatic rings.